The Kier molecular flexibility index (Phi) is 5.27. The monoisotopic (exact) mass is 291 g/mol. The molecule has 1 saturated carbocycles. The van der Waals surface area contributed by atoms with Gasteiger partial charge >= 0.3 is 0 Å². The molecule has 1 fully saturated rings. The molecule has 0 heterocycles. The van der Waals surface area contributed by atoms with Crippen molar-refractivity contribution >= 4 is 11.6 Å². The van der Waals surface area contributed by atoms with Gasteiger partial charge in [-0.05, 0) is 24.3 Å². The number of carbonyl (C=O) groups excluding carboxylic acids is 1. The quantitative estimate of drug-likeness (QED) is 0.641. The van der Waals surface area contributed by atoms with Gasteiger partial charge in [-0.2, -0.15) is 0 Å². The zero-order valence-electron chi connectivity index (χ0n) is 12.0. The van der Waals surface area contributed by atoms with E-state index in [1.54, 1.807) is 12.1 Å². The lowest BCUT2D eigenvalue weighted by molar-refractivity contribution is -0.384. The molecule has 21 heavy (non-hydrogen) atoms. The highest BCUT2D eigenvalue weighted by atomic mass is 16.6. The van der Waals surface area contributed by atoms with Crippen LogP contribution in [0.1, 0.15) is 37.7 Å². The molecule has 6 nitrogen and oxygen atoms in total. The molecule has 3 N–H and O–H groups in total. The standard InChI is InChI=1S/C15H21N3O3/c16-14-4-2-1-3-12(14)9-15(19)17-10-11-5-7-13(8-6-11)18(20)21/h5-8,12,14H,1-4,9-10,16H2,(H,17,19). The number of nitro groups is 1. The molecule has 0 radical (unpaired) electrons. The number of hydrogen-bond acceptors (Lipinski definition) is 4. The number of carbonyl (C=O) groups is 1. The first-order valence-corrected chi connectivity index (χ1v) is 7.32. The van der Waals surface area contributed by atoms with E-state index < -0.39 is 4.92 Å². The molecular formula is C15H21N3O3. The summed E-state index contributed by atoms with van der Waals surface area (Å²) in [7, 11) is 0. The number of benzene rings is 1. The number of nitrogens with one attached hydrogen (secondary N) is 1. The smallest absolute Gasteiger partial charge is 0.269 e. The average Bonchev–Trinajstić information content (AvgIpc) is 2.48. The lowest BCUT2D eigenvalue weighted by atomic mass is 9.83. The molecule has 1 amide bonds. The number of nitrogens with two attached hydrogens (primary N) is 1. The Morgan fingerprint density at radius 3 is 2.57 bits per heavy atom. The van der Waals surface area contributed by atoms with Crippen LogP contribution in [0.4, 0.5) is 5.69 Å². The topological polar surface area (TPSA) is 98.3 Å². The van der Waals surface area contributed by atoms with Gasteiger partial charge in [0, 0.05) is 31.1 Å². The van der Waals surface area contributed by atoms with Gasteiger partial charge in [0.05, 0.1) is 4.92 Å². The molecule has 1 aliphatic rings. The van der Waals surface area contributed by atoms with E-state index in [9.17, 15) is 14.9 Å². The molecule has 6 heteroatoms. The molecule has 0 aromatic heterocycles. The van der Waals surface area contributed by atoms with Crippen LogP contribution in [0.5, 0.6) is 0 Å². The van der Waals surface area contributed by atoms with Crippen molar-refractivity contribution in [2.45, 2.75) is 44.7 Å². The van der Waals surface area contributed by atoms with Crippen molar-refractivity contribution in [1.29, 1.82) is 0 Å². The first-order valence-electron chi connectivity index (χ1n) is 7.32. The Balaban J connectivity index is 1.79. The molecule has 1 aliphatic carbocycles. The number of rotatable bonds is 5. The van der Waals surface area contributed by atoms with Crippen LogP contribution in [0.15, 0.2) is 24.3 Å². The number of nitro benzene ring substituents is 1. The minimum absolute atomic E-state index is 0.00398. The van der Waals surface area contributed by atoms with Crippen LogP contribution < -0.4 is 11.1 Å². The predicted octanol–water partition coefficient (Wildman–Crippen LogP) is 2.12. The summed E-state index contributed by atoms with van der Waals surface area (Å²) < 4.78 is 0. The molecule has 2 atom stereocenters. The van der Waals surface area contributed by atoms with Crippen LogP contribution >= 0.6 is 0 Å². The third kappa shape index (κ3) is 4.53. The second-order valence-electron chi connectivity index (χ2n) is 5.61. The third-order valence-corrected chi connectivity index (χ3v) is 4.05. The number of non-ortho nitro benzene ring substituents is 1. The largest absolute Gasteiger partial charge is 0.352 e. The molecule has 1 aromatic carbocycles. The van der Waals surface area contributed by atoms with Gasteiger partial charge in [-0.3, -0.25) is 14.9 Å². The summed E-state index contributed by atoms with van der Waals surface area (Å²) in [6, 6.07) is 6.33. The van der Waals surface area contributed by atoms with Crippen LogP contribution in [0.25, 0.3) is 0 Å². The van der Waals surface area contributed by atoms with Gasteiger partial charge in [-0.15, -0.1) is 0 Å². The van der Waals surface area contributed by atoms with Crippen molar-refractivity contribution in [2.75, 3.05) is 0 Å². The van der Waals surface area contributed by atoms with Gasteiger partial charge in [-0.1, -0.05) is 25.0 Å². The van der Waals surface area contributed by atoms with E-state index in [4.69, 9.17) is 5.73 Å². The summed E-state index contributed by atoms with van der Waals surface area (Å²) in [5.74, 6) is 0.270. The van der Waals surface area contributed by atoms with Crippen molar-refractivity contribution in [3.8, 4) is 0 Å². The lowest BCUT2D eigenvalue weighted by Crippen LogP contribution is -2.36. The van der Waals surface area contributed by atoms with Crippen molar-refractivity contribution in [3.63, 3.8) is 0 Å². The third-order valence-electron chi connectivity index (χ3n) is 4.05. The van der Waals surface area contributed by atoms with Gasteiger partial charge in [-0.25, -0.2) is 0 Å². The Morgan fingerprint density at radius 1 is 1.29 bits per heavy atom. The molecule has 0 spiro atoms. The lowest BCUT2D eigenvalue weighted by Gasteiger charge is -2.27. The molecular weight excluding hydrogens is 270 g/mol. The fourth-order valence-corrected chi connectivity index (χ4v) is 2.74. The van der Waals surface area contributed by atoms with E-state index in [1.165, 1.54) is 12.1 Å². The van der Waals surface area contributed by atoms with Gasteiger partial charge in [0.2, 0.25) is 5.91 Å². The molecule has 114 valence electrons. The zero-order valence-corrected chi connectivity index (χ0v) is 12.0. The SMILES string of the molecule is NC1CCCCC1CC(=O)NCc1ccc([N+](=O)[O-])cc1. The van der Waals surface area contributed by atoms with E-state index in [0.717, 1.165) is 31.2 Å². The molecule has 0 aliphatic heterocycles. The van der Waals surface area contributed by atoms with Crippen LogP contribution in [0.2, 0.25) is 0 Å². The normalized spacial score (nSPS) is 21.8. The Hall–Kier alpha value is -1.95. The van der Waals surface area contributed by atoms with Crippen molar-refractivity contribution in [2.24, 2.45) is 11.7 Å². The summed E-state index contributed by atoms with van der Waals surface area (Å²) in [4.78, 5) is 22.0. The second-order valence-corrected chi connectivity index (χ2v) is 5.61. The van der Waals surface area contributed by atoms with E-state index in [0.29, 0.717) is 13.0 Å². The van der Waals surface area contributed by atoms with Gasteiger partial charge in [0.15, 0.2) is 0 Å². The van der Waals surface area contributed by atoms with Gasteiger partial charge in [0.1, 0.15) is 0 Å². The average molecular weight is 291 g/mol. The predicted molar refractivity (Wildman–Crippen MR) is 79.5 cm³/mol. The summed E-state index contributed by atoms with van der Waals surface area (Å²) in [5, 5.41) is 13.4. The van der Waals surface area contributed by atoms with E-state index >= 15 is 0 Å². The van der Waals surface area contributed by atoms with E-state index in [2.05, 4.69) is 5.32 Å². The Labute approximate surface area is 123 Å². The fourth-order valence-electron chi connectivity index (χ4n) is 2.74. The number of hydrogen-bond donors (Lipinski definition) is 2. The molecule has 2 unspecified atom stereocenters. The Morgan fingerprint density at radius 2 is 1.95 bits per heavy atom. The summed E-state index contributed by atoms with van der Waals surface area (Å²) >= 11 is 0. The molecule has 0 bridgehead atoms. The summed E-state index contributed by atoms with van der Waals surface area (Å²) in [5.41, 5.74) is 6.94. The fraction of sp³-hybridized carbons (Fsp3) is 0.533. The minimum Gasteiger partial charge on any atom is -0.352 e. The van der Waals surface area contributed by atoms with E-state index in [1.807, 2.05) is 0 Å². The van der Waals surface area contributed by atoms with E-state index in [-0.39, 0.29) is 23.6 Å². The Bertz CT molecular complexity index is 501. The second kappa shape index (κ2) is 7.17. The highest BCUT2D eigenvalue weighted by Crippen LogP contribution is 2.25. The highest BCUT2D eigenvalue weighted by molar-refractivity contribution is 5.76. The molecule has 2 rings (SSSR count). The van der Waals surface area contributed by atoms with Gasteiger partial charge in [0.25, 0.3) is 5.69 Å². The first kappa shape index (κ1) is 15.4. The maximum atomic E-state index is 11.9. The maximum Gasteiger partial charge on any atom is 0.269 e. The summed E-state index contributed by atoms with van der Waals surface area (Å²) in [6.07, 6.45) is 4.79. The van der Waals surface area contributed by atoms with Crippen LogP contribution in [-0.4, -0.2) is 16.9 Å². The van der Waals surface area contributed by atoms with Crippen LogP contribution in [-0.2, 0) is 11.3 Å². The van der Waals surface area contributed by atoms with Crippen molar-refractivity contribution in [3.05, 3.63) is 39.9 Å². The number of amides is 1. The molecule has 0 saturated heterocycles. The van der Waals surface area contributed by atoms with Gasteiger partial charge < -0.3 is 11.1 Å². The summed E-state index contributed by atoms with van der Waals surface area (Å²) in [6.45, 7) is 0.388. The highest BCUT2D eigenvalue weighted by Gasteiger charge is 2.23. The van der Waals surface area contributed by atoms with Crippen LogP contribution in [0, 0.1) is 16.0 Å². The first-order chi connectivity index (χ1) is 10.1. The maximum absolute atomic E-state index is 11.9. The minimum atomic E-state index is -0.438. The van der Waals surface area contributed by atoms with Crippen LogP contribution in [0.3, 0.4) is 0 Å². The molecule has 1 aromatic rings. The number of nitrogens with zero attached hydrogens (tertiary/aromatic N) is 1. The van der Waals surface area contributed by atoms with Crippen molar-refractivity contribution < 1.29 is 9.72 Å². The zero-order chi connectivity index (χ0) is 15.2. The van der Waals surface area contributed by atoms with Crippen molar-refractivity contribution in [1.82, 2.24) is 5.32 Å².